The molecule has 1 spiro atoms. The number of phenolic OH excluding ortho intramolecular Hbond substituents is 2. The third-order valence-corrected chi connectivity index (χ3v) is 6.11. The van der Waals surface area contributed by atoms with E-state index in [4.69, 9.17) is 4.74 Å². The fraction of sp³-hybridized carbons (Fsp3) is 0.409. The molecule has 0 bridgehead atoms. The lowest BCUT2D eigenvalue weighted by Crippen LogP contribution is -2.43. The number of fused-ring (bicyclic) bond motifs is 4. The van der Waals surface area contributed by atoms with Crippen LogP contribution in [0.15, 0.2) is 36.4 Å². The Morgan fingerprint density at radius 2 is 1.93 bits per heavy atom. The van der Waals surface area contributed by atoms with Crippen molar-refractivity contribution in [3.05, 3.63) is 47.5 Å². The lowest BCUT2D eigenvalue weighted by Gasteiger charge is -2.23. The predicted octanol–water partition coefficient (Wildman–Crippen LogP) is 2.51. The van der Waals surface area contributed by atoms with Crippen LogP contribution in [0.25, 0.3) is 0 Å². The molecule has 6 heteroatoms. The standard InChI is InChI=1S/C22H24N2O4/c25-18-10-16-20(11-19(18)26)28-13-22(16)15-4-1-2-5-17(15)24(21(22)27)9-3-8-23-12-14-6-7-14/h1-2,4-5,10-11,14,23,25-26H,3,6-9,12-13H2. The molecule has 0 saturated heterocycles. The monoisotopic (exact) mass is 380 g/mol. The number of benzene rings is 2. The highest BCUT2D eigenvalue weighted by Gasteiger charge is 2.56. The van der Waals surface area contributed by atoms with Crippen molar-refractivity contribution in [3.63, 3.8) is 0 Å². The number of hydrogen-bond acceptors (Lipinski definition) is 5. The molecular formula is C22H24N2O4. The minimum atomic E-state index is -0.960. The Hall–Kier alpha value is -2.73. The molecule has 2 aliphatic heterocycles. The number of ether oxygens (including phenoxy) is 1. The van der Waals surface area contributed by atoms with Crippen LogP contribution in [0.1, 0.15) is 30.4 Å². The van der Waals surface area contributed by atoms with Gasteiger partial charge in [0.15, 0.2) is 11.5 Å². The molecule has 0 radical (unpaired) electrons. The Labute approximate surface area is 163 Å². The van der Waals surface area contributed by atoms with Gasteiger partial charge in [0.2, 0.25) is 5.91 Å². The first-order valence-corrected chi connectivity index (χ1v) is 9.93. The Balaban J connectivity index is 1.44. The molecule has 0 aromatic heterocycles. The van der Waals surface area contributed by atoms with Gasteiger partial charge in [-0.2, -0.15) is 0 Å². The number of aromatic hydroxyl groups is 2. The summed E-state index contributed by atoms with van der Waals surface area (Å²) in [4.78, 5) is 15.5. The normalized spacial score (nSPS) is 22.4. The van der Waals surface area contributed by atoms with E-state index < -0.39 is 5.41 Å². The summed E-state index contributed by atoms with van der Waals surface area (Å²) in [5, 5.41) is 23.3. The first-order valence-electron chi connectivity index (χ1n) is 9.93. The van der Waals surface area contributed by atoms with Gasteiger partial charge in [-0.15, -0.1) is 0 Å². The second-order valence-electron chi connectivity index (χ2n) is 8.01. The largest absolute Gasteiger partial charge is 0.504 e. The Morgan fingerprint density at radius 3 is 2.75 bits per heavy atom. The van der Waals surface area contributed by atoms with Crippen molar-refractivity contribution in [2.45, 2.75) is 24.7 Å². The molecule has 3 aliphatic rings. The predicted molar refractivity (Wildman–Crippen MR) is 105 cm³/mol. The van der Waals surface area contributed by atoms with E-state index in [9.17, 15) is 15.0 Å². The third kappa shape index (κ3) is 2.55. The summed E-state index contributed by atoms with van der Waals surface area (Å²) in [5.74, 6) is 0.782. The summed E-state index contributed by atoms with van der Waals surface area (Å²) in [5.41, 5.74) is 1.46. The van der Waals surface area contributed by atoms with Gasteiger partial charge in [0, 0.05) is 23.9 Å². The molecule has 3 N–H and O–H groups in total. The molecule has 146 valence electrons. The van der Waals surface area contributed by atoms with E-state index in [1.165, 1.54) is 25.0 Å². The molecule has 1 fully saturated rings. The number of hydrogen-bond donors (Lipinski definition) is 3. The maximum Gasteiger partial charge on any atom is 0.245 e. The van der Waals surface area contributed by atoms with Crippen molar-refractivity contribution in [3.8, 4) is 17.2 Å². The van der Waals surface area contributed by atoms with Gasteiger partial charge in [0.1, 0.15) is 17.8 Å². The minimum Gasteiger partial charge on any atom is -0.504 e. The number of phenols is 2. The van der Waals surface area contributed by atoms with E-state index in [2.05, 4.69) is 5.32 Å². The topological polar surface area (TPSA) is 82.0 Å². The second kappa shape index (κ2) is 6.41. The molecule has 2 heterocycles. The summed E-state index contributed by atoms with van der Waals surface area (Å²) in [7, 11) is 0. The van der Waals surface area contributed by atoms with Gasteiger partial charge in [-0.25, -0.2) is 0 Å². The van der Waals surface area contributed by atoms with Crippen molar-refractivity contribution in [2.75, 3.05) is 31.1 Å². The van der Waals surface area contributed by atoms with Crippen molar-refractivity contribution in [1.82, 2.24) is 5.32 Å². The van der Waals surface area contributed by atoms with E-state index >= 15 is 0 Å². The average molecular weight is 380 g/mol. The van der Waals surface area contributed by atoms with Crippen LogP contribution in [0.3, 0.4) is 0 Å². The number of nitrogens with zero attached hydrogens (tertiary/aromatic N) is 1. The van der Waals surface area contributed by atoms with Crippen LogP contribution in [0.2, 0.25) is 0 Å². The van der Waals surface area contributed by atoms with Crippen LogP contribution < -0.4 is 15.0 Å². The third-order valence-electron chi connectivity index (χ3n) is 6.11. The van der Waals surface area contributed by atoms with E-state index in [-0.39, 0.29) is 24.0 Å². The summed E-state index contributed by atoms with van der Waals surface area (Å²) in [6, 6.07) is 10.6. The van der Waals surface area contributed by atoms with Crippen molar-refractivity contribution in [2.24, 2.45) is 5.92 Å². The number of carbonyl (C=O) groups excluding carboxylic acids is 1. The molecule has 1 amide bonds. The van der Waals surface area contributed by atoms with Crippen LogP contribution in [-0.2, 0) is 10.2 Å². The second-order valence-corrected chi connectivity index (χ2v) is 8.01. The molecule has 1 aliphatic carbocycles. The van der Waals surface area contributed by atoms with Crippen LogP contribution in [0.5, 0.6) is 17.2 Å². The Morgan fingerprint density at radius 1 is 1.14 bits per heavy atom. The van der Waals surface area contributed by atoms with Gasteiger partial charge in [-0.05, 0) is 56.0 Å². The van der Waals surface area contributed by atoms with E-state index in [1.54, 1.807) is 0 Å². The van der Waals surface area contributed by atoms with Crippen LogP contribution in [0.4, 0.5) is 5.69 Å². The molecule has 2 aromatic carbocycles. The Bertz CT molecular complexity index is 940. The maximum atomic E-state index is 13.6. The fourth-order valence-electron chi connectivity index (χ4n) is 4.41. The summed E-state index contributed by atoms with van der Waals surface area (Å²) >= 11 is 0. The molecule has 5 rings (SSSR count). The van der Waals surface area contributed by atoms with Crippen LogP contribution in [0, 0.1) is 5.92 Å². The smallest absolute Gasteiger partial charge is 0.245 e. The quantitative estimate of drug-likeness (QED) is 0.530. The van der Waals surface area contributed by atoms with Gasteiger partial charge in [0.05, 0.1) is 0 Å². The first kappa shape index (κ1) is 17.4. The highest BCUT2D eigenvalue weighted by Crippen LogP contribution is 2.54. The van der Waals surface area contributed by atoms with Crippen LogP contribution in [-0.4, -0.2) is 42.4 Å². The van der Waals surface area contributed by atoms with Crippen LogP contribution >= 0.6 is 0 Å². The van der Waals surface area contributed by atoms with Gasteiger partial charge in [-0.1, -0.05) is 18.2 Å². The maximum absolute atomic E-state index is 13.6. The molecule has 28 heavy (non-hydrogen) atoms. The SMILES string of the molecule is O=C1N(CCCNCC2CC2)c2ccccc2C12COc1cc(O)c(O)cc12. The van der Waals surface area contributed by atoms with Crippen molar-refractivity contribution < 1.29 is 19.7 Å². The zero-order valence-corrected chi connectivity index (χ0v) is 15.6. The highest BCUT2D eigenvalue weighted by molar-refractivity contribution is 6.11. The van der Waals surface area contributed by atoms with E-state index in [0.717, 1.165) is 36.7 Å². The highest BCUT2D eigenvalue weighted by atomic mass is 16.5. The lowest BCUT2D eigenvalue weighted by atomic mass is 9.77. The summed E-state index contributed by atoms with van der Waals surface area (Å²) < 4.78 is 5.79. The molecule has 1 unspecified atom stereocenters. The fourth-order valence-corrected chi connectivity index (χ4v) is 4.41. The first-order chi connectivity index (χ1) is 13.6. The van der Waals surface area contributed by atoms with Gasteiger partial charge in [0.25, 0.3) is 0 Å². The zero-order chi connectivity index (χ0) is 19.3. The zero-order valence-electron chi connectivity index (χ0n) is 15.6. The van der Waals surface area contributed by atoms with E-state index in [1.807, 2.05) is 29.2 Å². The van der Waals surface area contributed by atoms with Gasteiger partial charge >= 0.3 is 0 Å². The lowest BCUT2D eigenvalue weighted by molar-refractivity contribution is -0.122. The minimum absolute atomic E-state index is 0.0280. The van der Waals surface area contributed by atoms with Crippen molar-refractivity contribution >= 4 is 11.6 Å². The summed E-state index contributed by atoms with van der Waals surface area (Å²) in [6.45, 7) is 2.77. The molecule has 1 saturated carbocycles. The number of carbonyl (C=O) groups is 1. The number of nitrogens with one attached hydrogen (secondary N) is 1. The van der Waals surface area contributed by atoms with Gasteiger partial charge < -0.3 is 25.2 Å². The van der Waals surface area contributed by atoms with E-state index in [0.29, 0.717) is 17.9 Å². The molecule has 2 aromatic rings. The molecule has 1 atom stereocenters. The molecule has 6 nitrogen and oxygen atoms in total. The molecular weight excluding hydrogens is 356 g/mol. The number of rotatable bonds is 6. The number of para-hydroxylation sites is 1. The number of amides is 1. The summed E-state index contributed by atoms with van der Waals surface area (Å²) in [6.07, 6.45) is 3.53. The number of anilines is 1. The Kier molecular flexibility index (Phi) is 3.98. The van der Waals surface area contributed by atoms with Gasteiger partial charge in [-0.3, -0.25) is 4.79 Å². The van der Waals surface area contributed by atoms with Crippen molar-refractivity contribution in [1.29, 1.82) is 0 Å². The average Bonchev–Trinajstić information content (AvgIpc) is 3.41.